The second-order valence-corrected chi connectivity index (χ2v) is 10.1. The molecule has 4 rings (SSSR count). The quantitative estimate of drug-likeness (QED) is 0.627. The number of hydrogen-bond acceptors (Lipinski definition) is 4. The molecule has 8 heteroatoms. The summed E-state index contributed by atoms with van der Waals surface area (Å²) in [6.45, 7) is 8.94. The second kappa shape index (κ2) is 9.79. The normalized spacial score (nSPS) is 18.1. The second-order valence-electron chi connectivity index (χ2n) is 9.70. The summed E-state index contributed by atoms with van der Waals surface area (Å²) < 4.78 is 6.89. The highest BCUT2D eigenvalue weighted by Gasteiger charge is 2.35. The van der Waals surface area contributed by atoms with E-state index in [1.807, 2.05) is 13.8 Å². The van der Waals surface area contributed by atoms with Crippen molar-refractivity contribution < 1.29 is 19.2 Å². The number of aromatic nitrogens is 1. The van der Waals surface area contributed by atoms with Crippen molar-refractivity contribution in [2.45, 2.75) is 33.1 Å². The van der Waals surface area contributed by atoms with Crippen molar-refractivity contribution in [1.29, 1.82) is 0 Å². The molecule has 1 saturated heterocycles. The molecule has 2 aromatic rings. The maximum absolute atomic E-state index is 13.5. The maximum atomic E-state index is 13.5. The molecular formula is C25H31ClN3O4+. The van der Waals surface area contributed by atoms with E-state index in [4.69, 9.17) is 16.3 Å². The fraction of sp³-hybridized carbons (Fsp3) is 0.480. The highest BCUT2D eigenvalue weighted by molar-refractivity contribution is 6.30. The van der Waals surface area contributed by atoms with Crippen molar-refractivity contribution in [3.8, 4) is 5.69 Å². The molecule has 1 aliphatic heterocycles. The Labute approximate surface area is 198 Å². The average Bonchev–Trinajstić information content (AvgIpc) is 2.77. The minimum absolute atomic E-state index is 0.00419. The molecular weight excluding hydrogens is 442 g/mol. The Morgan fingerprint density at radius 1 is 1.15 bits per heavy atom. The number of fused-ring (bicyclic) bond motifs is 1. The fourth-order valence-corrected chi connectivity index (χ4v) is 4.81. The molecule has 7 nitrogen and oxygen atoms in total. The van der Waals surface area contributed by atoms with E-state index >= 15 is 0 Å². The first-order valence-corrected chi connectivity index (χ1v) is 11.9. The molecule has 0 spiro atoms. The number of benzene rings is 1. The van der Waals surface area contributed by atoms with Gasteiger partial charge in [-0.25, -0.2) is 0 Å². The number of ether oxygens (including phenoxy) is 1. The lowest BCUT2D eigenvalue weighted by Crippen LogP contribution is -3.14. The highest BCUT2D eigenvalue weighted by Crippen LogP contribution is 2.35. The molecule has 0 unspecified atom stereocenters. The van der Waals surface area contributed by atoms with Gasteiger partial charge in [0.15, 0.2) is 5.78 Å². The van der Waals surface area contributed by atoms with Crippen LogP contribution < -0.4 is 15.8 Å². The number of pyridine rings is 1. The molecule has 1 amide bonds. The molecule has 1 aliphatic carbocycles. The molecule has 33 heavy (non-hydrogen) atoms. The minimum Gasteiger partial charge on any atom is -0.370 e. The first-order chi connectivity index (χ1) is 15.7. The van der Waals surface area contributed by atoms with E-state index < -0.39 is 11.5 Å². The van der Waals surface area contributed by atoms with E-state index in [-0.39, 0.29) is 16.8 Å². The SMILES string of the molecule is CC1(C)CC(=O)c2cc(C(=O)NCCC[NH+]3CCOCC3)c(=O)n(-c3ccc(Cl)cc3)c2C1. The standard InChI is InChI=1S/C25H30ClN3O4/c1-25(2)15-21-19(22(30)16-25)14-20(24(32)29(21)18-6-4-17(26)5-7-18)23(31)27-8-3-9-28-10-12-33-13-11-28/h4-7,14H,3,8-13,15-16H2,1-2H3,(H,27,31)/p+1. The van der Waals surface area contributed by atoms with Crippen molar-refractivity contribution in [2.24, 2.45) is 5.41 Å². The minimum atomic E-state index is -0.444. The number of halogens is 1. The molecule has 176 valence electrons. The van der Waals surface area contributed by atoms with Gasteiger partial charge in [-0.1, -0.05) is 25.4 Å². The zero-order valence-electron chi connectivity index (χ0n) is 19.2. The molecule has 2 N–H and O–H groups in total. The van der Waals surface area contributed by atoms with Crippen LogP contribution in [0, 0.1) is 5.41 Å². The lowest BCUT2D eigenvalue weighted by Gasteiger charge is -2.32. The van der Waals surface area contributed by atoms with Gasteiger partial charge >= 0.3 is 0 Å². The van der Waals surface area contributed by atoms with Gasteiger partial charge in [-0.15, -0.1) is 0 Å². The van der Waals surface area contributed by atoms with Crippen molar-refractivity contribution >= 4 is 23.3 Å². The average molecular weight is 473 g/mol. The van der Waals surface area contributed by atoms with Crippen LogP contribution in [0.25, 0.3) is 5.69 Å². The Hall–Kier alpha value is -2.48. The van der Waals surface area contributed by atoms with Crippen LogP contribution in [-0.4, -0.2) is 55.7 Å². The first-order valence-electron chi connectivity index (χ1n) is 11.5. The van der Waals surface area contributed by atoms with Crippen molar-refractivity contribution in [2.75, 3.05) is 39.4 Å². The van der Waals surface area contributed by atoms with Crippen LogP contribution in [0.4, 0.5) is 0 Å². The maximum Gasteiger partial charge on any atom is 0.268 e. The van der Waals surface area contributed by atoms with E-state index in [0.717, 1.165) is 39.3 Å². The fourth-order valence-electron chi connectivity index (χ4n) is 4.69. The van der Waals surface area contributed by atoms with Crippen molar-refractivity contribution in [1.82, 2.24) is 9.88 Å². The number of morpholine rings is 1. The van der Waals surface area contributed by atoms with E-state index in [1.165, 1.54) is 15.5 Å². The summed E-state index contributed by atoms with van der Waals surface area (Å²) >= 11 is 6.05. The van der Waals surface area contributed by atoms with Gasteiger partial charge in [-0.2, -0.15) is 0 Å². The lowest BCUT2D eigenvalue weighted by molar-refractivity contribution is -0.908. The van der Waals surface area contributed by atoms with Gasteiger partial charge in [-0.3, -0.25) is 19.0 Å². The van der Waals surface area contributed by atoms with Gasteiger partial charge in [0.05, 0.1) is 19.8 Å². The van der Waals surface area contributed by atoms with Gasteiger partial charge in [0, 0.05) is 41.4 Å². The number of carbonyl (C=O) groups excluding carboxylic acids is 2. The molecule has 0 bridgehead atoms. The summed E-state index contributed by atoms with van der Waals surface area (Å²) in [5, 5.41) is 3.43. The predicted octanol–water partition coefficient (Wildman–Crippen LogP) is 1.68. The van der Waals surface area contributed by atoms with Crippen LogP contribution in [0.2, 0.25) is 5.02 Å². The van der Waals surface area contributed by atoms with Gasteiger partial charge in [0.1, 0.15) is 18.7 Å². The van der Waals surface area contributed by atoms with Gasteiger partial charge in [0.2, 0.25) is 0 Å². The molecule has 0 atom stereocenters. The van der Waals surface area contributed by atoms with E-state index in [2.05, 4.69) is 5.32 Å². The third-order valence-electron chi connectivity index (χ3n) is 6.41. The molecule has 0 saturated carbocycles. The van der Waals surface area contributed by atoms with Gasteiger partial charge in [0.25, 0.3) is 11.5 Å². The summed E-state index contributed by atoms with van der Waals surface area (Å²) in [6, 6.07) is 8.37. The number of Topliss-reactive ketones (excluding diaryl/α,β-unsaturated/α-hetero) is 1. The summed E-state index contributed by atoms with van der Waals surface area (Å²) in [6.07, 6.45) is 1.75. The summed E-state index contributed by atoms with van der Waals surface area (Å²) in [5.74, 6) is -0.492. The zero-order chi connectivity index (χ0) is 23.6. The molecule has 1 aromatic carbocycles. The third kappa shape index (κ3) is 5.37. The lowest BCUT2D eigenvalue weighted by atomic mass is 9.75. The van der Waals surface area contributed by atoms with E-state index in [0.29, 0.717) is 41.4 Å². The van der Waals surface area contributed by atoms with Crippen LogP contribution in [0.15, 0.2) is 35.1 Å². The highest BCUT2D eigenvalue weighted by atomic mass is 35.5. The number of ketones is 1. The Morgan fingerprint density at radius 3 is 2.55 bits per heavy atom. The smallest absolute Gasteiger partial charge is 0.268 e. The zero-order valence-corrected chi connectivity index (χ0v) is 20.0. The third-order valence-corrected chi connectivity index (χ3v) is 6.66. The van der Waals surface area contributed by atoms with Gasteiger partial charge < -0.3 is 15.0 Å². The van der Waals surface area contributed by atoms with Crippen LogP contribution in [0.5, 0.6) is 0 Å². The molecule has 0 radical (unpaired) electrons. The molecule has 1 aromatic heterocycles. The summed E-state index contributed by atoms with van der Waals surface area (Å²) in [7, 11) is 0. The predicted molar refractivity (Wildman–Crippen MR) is 127 cm³/mol. The Balaban J connectivity index is 1.62. The number of rotatable bonds is 6. The molecule has 2 heterocycles. The monoisotopic (exact) mass is 472 g/mol. The molecule has 1 fully saturated rings. The number of amides is 1. The number of nitrogens with zero attached hydrogens (tertiary/aromatic N) is 1. The van der Waals surface area contributed by atoms with Crippen LogP contribution in [-0.2, 0) is 11.2 Å². The van der Waals surface area contributed by atoms with E-state index in [1.54, 1.807) is 24.3 Å². The Bertz CT molecular complexity index is 1100. The van der Waals surface area contributed by atoms with Crippen LogP contribution in [0.3, 0.4) is 0 Å². The van der Waals surface area contributed by atoms with Crippen LogP contribution in [0.1, 0.15) is 53.1 Å². The molecule has 2 aliphatic rings. The number of hydrogen-bond donors (Lipinski definition) is 2. The summed E-state index contributed by atoms with van der Waals surface area (Å²) in [4.78, 5) is 40.9. The topological polar surface area (TPSA) is 81.8 Å². The van der Waals surface area contributed by atoms with Gasteiger partial charge in [-0.05, 0) is 42.2 Å². The van der Waals surface area contributed by atoms with Crippen molar-refractivity contribution in [3.63, 3.8) is 0 Å². The number of quaternary nitrogens is 1. The van der Waals surface area contributed by atoms with E-state index in [9.17, 15) is 14.4 Å². The van der Waals surface area contributed by atoms with Crippen molar-refractivity contribution in [3.05, 3.63) is 62.5 Å². The first kappa shape index (κ1) is 23.7. The number of nitrogens with one attached hydrogen (secondary N) is 2. The Kier molecular flexibility index (Phi) is 7.02. The van der Waals surface area contributed by atoms with Crippen LogP contribution >= 0.6 is 11.6 Å². The number of carbonyl (C=O) groups is 2. The Morgan fingerprint density at radius 2 is 1.85 bits per heavy atom. The summed E-state index contributed by atoms with van der Waals surface area (Å²) in [5.41, 5.74) is 1.00. The largest absolute Gasteiger partial charge is 0.370 e.